The maximum absolute atomic E-state index is 8.33. The molecule has 2 aromatic heterocycles. The van der Waals surface area contributed by atoms with Crippen molar-refractivity contribution in [1.82, 2.24) is 19.1 Å². The van der Waals surface area contributed by atoms with Crippen LogP contribution in [0.25, 0.3) is 0 Å². The molecule has 0 aliphatic carbocycles. The monoisotopic (exact) mass is 288 g/mol. The number of methoxy groups -OCH3 is 1. The molecule has 0 atom stereocenters. The first-order valence-corrected chi connectivity index (χ1v) is 6.83. The molecule has 2 N–H and O–H groups in total. The summed E-state index contributed by atoms with van der Waals surface area (Å²) in [7, 11) is 1.53. The summed E-state index contributed by atoms with van der Waals surface area (Å²) in [5.41, 5.74) is 2.03. The first kappa shape index (κ1) is 15.1. The number of imidazole rings is 1. The molecular formula is C14H20N6O. The molecule has 0 bridgehead atoms. The Labute approximate surface area is 123 Å². The minimum atomic E-state index is 0.157. The maximum atomic E-state index is 8.33. The highest BCUT2D eigenvalue weighted by atomic mass is 16.5. The quantitative estimate of drug-likeness (QED) is 0.614. The lowest BCUT2D eigenvalue weighted by atomic mass is 10.1. The molecule has 0 aliphatic rings. The summed E-state index contributed by atoms with van der Waals surface area (Å²) in [6.45, 7) is 2.81. The first-order chi connectivity index (χ1) is 10.2. The highest BCUT2D eigenvalue weighted by Gasteiger charge is 2.11. The molecule has 0 aliphatic heterocycles. The van der Waals surface area contributed by atoms with Crippen molar-refractivity contribution in [2.75, 3.05) is 13.7 Å². The van der Waals surface area contributed by atoms with Crippen LogP contribution in [0.3, 0.4) is 0 Å². The first-order valence-electron chi connectivity index (χ1n) is 6.83. The molecule has 0 unspecified atom stereocenters. The van der Waals surface area contributed by atoms with Gasteiger partial charge in [0, 0.05) is 25.1 Å². The predicted molar refractivity (Wildman–Crippen MR) is 78.4 cm³/mol. The molecule has 2 aromatic rings. The zero-order valence-corrected chi connectivity index (χ0v) is 12.3. The van der Waals surface area contributed by atoms with Crippen LogP contribution in [-0.4, -0.2) is 38.7 Å². The van der Waals surface area contributed by atoms with Gasteiger partial charge in [0.05, 0.1) is 18.6 Å². The number of hydrogen-bond donors (Lipinski definition) is 2. The van der Waals surface area contributed by atoms with Crippen LogP contribution >= 0.6 is 0 Å². The number of ether oxygens (including phenoxy) is 1. The third-order valence-corrected chi connectivity index (χ3v) is 3.17. The van der Waals surface area contributed by atoms with Gasteiger partial charge in [0.1, 0.15) is 24.3 Å². The van der Waals surface area contributed by atoms with Crippen LogP contribution in [0.15, 0.2) is 25.0 Å². The zero-order chi connectivity index (χ0) is 15.2. The molecule has 7 nitrogen and oxygen atoms in total. The van der Waals surface area contributed by atoms with E-state index in [1.54, 1.807) is 12.5 Å². The molecule has 0 spiro atoms. The SMILES string of the molecule is CCCc1c(Cn2ccnc2)ncn(C(=N)COC)c1=N. The smallest absolute Gasteiger partial charge is 0.136 e. The molecular weight excluding hydrogens is 268 g/mol. The second kappa shape index (κ2) is 6.94. The lowest BCUT2D eigenvalue weighted by molar-refractivity contribution is 0.242. The third kappa shape index (κ3) is 3.43. The van der Waals surface area contributed by atoms with E-state index in [-0.39, 0.29) is 12.4 Å². The summed E-state index contributed by atoms with van der Waals surface area (Å²) in [5.74, 6) is 0.210. The topological polar surface area (TPSA) is 92.6 Å². The average Bonchev–Trinajstić information content (AvgIpc) is 2.96. The van der Waals surface area contributed by atoms with Gasteiger partial charge in [-0.2, -0.15) is 0 Å². The molecule has 0 amide bonds. The van der Waals surface area contributed by atoms with E-state index in [0.29, 0.717) is 12.0 Å². The van der Waals surface area contributed by atoms with Crippen molar-refractivity contribution >= 4 is 5.84 Å². The van der Waals surface area contributed by atoms with Gasteiger partial charge in [-0.05, 0) is 6.42 Å². The van der Waals surface area contributed by atoms with E-state index < -0.39 is 0 Å². The summed E-state index contributed by atoms with van der Waals surface area (Å²) in [6, 6.07) is 0. The highest BCUT2D eigenvalue weighted by molar-refractivity contribution is 5.82. The summed E-state index contributed by atoms with van der Waals surface area (Å²) >= 11 is 0. The molecule has 112 valence electrons. The number of nitrogens with zero attached hydrogens (tertiary/aromatic N) is 4. The van der Waals surface area contributed by atoms with Gasteiger partial charge in [0.2, 0.25) is 0 Å². The van der Waals surface area contributed by atoms with Gasteiger partial charge >= 0.3 is 0 Å². The van der Waals surface area contributed by atoms with E-state index in [0.717, 1.165) is 24.1 Å². The summed E-state index contributed by atoms with van der Waals surface area (Å²) in [5, 5.41) is 16.3. The molecule has 0 saturated heterocycles. The fourth-order valence-corrected chi connectivity index (χ4v) is 2.16. The van der Waals surface area contributed by atoms with Crippen molar-refractivity contribution in [3.63, 3.8) is 0 Å². The van der Waals surface area contributed by atoms with Gasteiger partial charge in [-0.15, -0.1) is 0 Å². The lowest BCUT2D eigenvalue weighted by Gasteiger charge is -2.14. The van der Waals surface area contributed by atoms with E-state index in [1.165, 1.54) is 18.0 Å². The van der Waals surface area contributed by atoms with Crippen molar-refractivity contribution < 1.29 is 4.74 Å². The Morgan fingerprint density at radius 3 is 2.81 bits per heavy atom. The minimum Gasteiger partial charge on any atom is -0.377 e. The van der Waals surface area contributed by atoms with Gasteiger partial charge in [0.15, 0.2) is 0 Å². The fraction of sp³-hybridized carbons (Fsp3) is 0.429. The number of nitrogens with one attached hydrogen (secondary N) is 2. The predicted octanol–water partition coefficient (Wildman–Crippen LogP) is 1.03. The summed E-state index contributed by atoms with van der Waals surface area (Å²) in [6.07, 6.45) is 8.53. The van der Waals surface area contributed by atoms with Crippen molar-refractivity contribution in [2.45, 2.75) is 26.3 Å². The van der Waals surface area contributed by atoms with Crippen molar-refractivity contribution in [3.05, 3.63) is 41.8 Å². The highest BCUT2D eigenvalue weighted by Crippen LogP contribution is 2.06. The molecule has 0 fully saturated rings. The summed E-state index contributed by atoms with van der Waals surface area (Å²) in [4.78, 5) is 8.45. The fourth-order valence-electron chi connectivity index (χ4n) is 2.16. The van der Waals surface area contributed by atoms with Crippen LogP contribution in [-0.2, 0) is 17.7 Å². The summed E-state index contributed by atoms with van der Waals surface area (Å²) < 4.78 is 8.35. The van der Waals surface area contributed by atoms with Crippen LogP contribution in [0.1, 0.15) is 24.6 Å². The number of rotatable bonds is 6. The number of aromatic nitrogens is 4. The molecule has 21 heavy (non-hydrogen) atoms. The largest absolute Gasteiger partial charge is 0.377 e. The average molecular weight is 288 g/mol. The maximum Gasteiger partial charge on any atom is 0.136 e. The van der Waals surface area contributed by atoms with Gasteiger partial charge in [-0.3, -0.25) is 15.4 Å². The number of hydrogen-bond acceptors (Lipinski definition) is 5. The molecule has 0 aromatic carbocycles. The second-order valence-electron chi connectivity index (χ2n) is 4.75. The second-order valence-corrected chi connectivity index (χ2v) is 4.75. The Balaban J connectivity index is 2.40. The van der Waals surface area contributed by atoms with Gasteiger partial charge in [-0.25, -0.2) is 9.97 Å². The van der Waals surface area contributed by atoms with Crippen LogP contribution < -0.4 is 5.49 Å². The Kier molecular flexibility index (Phi) is 4.99. The Morgan fingerprint density at radius 1 is 1.38 bits per heavy atom. The molecule has 2 heterocycles. The normalized spacial score (nSPS) is 10.8. The standard InChI is InChI=1S/C14H20N6O/c1-3-4-11-12(7-19-6-5-17-9-19)18-10-20(14(11)16)13(15)8-21-2/h5-6,9-10,15-16H,3-4,7-8H2,1-2H3. The van der Waals surface area contributed by atoms with E-state index in [2.05, 4.69) is 16.9 Å². The van der Waals surface area contributed by atoms with E-state index >= 15 is 0 Å². The van der Waals surface area contributed by atoms with Gasteiger partial charge in [-0.1, -0.05) is 13.3 Å². The minimum absolute atomic E-state index is 0.157. The Bertz CT molecular complexity index is 659. The Hall–Kier alpha value is -2.28. The molecule has 2 rings (SSSR count). The van der Waals surface area contributed by atoms with Gasteiger partial charge in [0.25, 0.3) is 0 Å². The van der Waals surface area contributed by atoms with E-state index in [1.807, 2.05) is 10.8 Å². The third-order valence-electron chi connectivity index (χ3n) is 3.17. The van der Waals surface area contributed by atoms with Crippen molar-refractivity contribution in [1.29, 1.82) is 10.8 Å². The van der Waals surface area contributed by atoms with Gasteiger partial charge < -0.3 is 9.30 Å². The van der Waals surface area contributed by atoms with E-state index in [9.17, 15) is 0 Å². The zero-order valence-electron chi connectivity index (χ0n) is 12.3. The molecule has 0 radical (unpaired) electrons. The van der Waals surface area contributed by atoms with Crippen LogP contribution in [0.4, 0.5) is 0 Å². The lowest BCUT2D eigenvalue weighted by Crippen LogP contribution is -2.33. The Morgan fingerprint density at radius 2 is 2.19 bits per heavy atom. The van der Waals surface area contributed by atoms with Crippen molar-refractivity contribution in [2.24, 2.45) is 0 Å². The molecule has 0 saturated carbocycles. The molecule has 7 heteroatoms. The van der Waals surface area contributed by atoms with Crippen LogP contribution in [0.5, 0.6) is 0 Å². The van der Waals surface area contributed by atoms with Crippen LogP contribution in [0.2, 0.25) is 0 Å². The van der Waals surface area contributed by atoms with Crippen molar-refractivity contribution in [3.8, 4) is 0 Å². The van der Waals surface area contributed by atoms with E-state index in [4.69, 9.17) is 15.6 Å². The van der Waals surface area contributed by atoms with Crippen LogP contribution in [0, 0.1) is 10.8 Å².